The third-order valence-electron chi connectivity index (χ3n) is 4.30. The van der Waals surface area contributed by atoms with Crippen LogP contribution in [0.1, 0.15) is 12.8 Å². The molecule has 1 aromatic heterocycles. The van der Waals surface area contributed by atoms with E-state index in [9.17, 15) is 15.2 Å². The number of nitro groups is 1. The topological polar surface area (TPSA) is 79.5 Å². The molecule has 1 aliphatic rings. The SMILES string of the molecule is O=[N+]([O-])c1ccc(N2CCC(CO)CC2)nc1-c1ccccc1. The summed E-state index contributed by atoms with van der Waals surface area (Å²) in [5.41, 5.74) is 1.16. The van der Waals surface area contributed by atoms with E-state index < -0.39 is 4.92 Å². The molecule has 0 aliphatic carbocycles. The average Bonchev–Trinajstić information content (AvgIpc) is 2.62. The number of aromatic nitrogens is 1. The number of piperidine rings is 1. The normalized spacial score (nSPS) is 15.6. The second kappa shape index (κ2) is 6.75. The summed E-state index contributed by atoms with van der Waals surface area (Å²) in [4.78, 5) is 17.6. The molecule has 0 radical (unpaired) electrons. The van der Waals surface area contributed by atoms with Gasteiger partial charge in [-0.3, -0.25) is 10.1 Å². The van der Waals surface area contributed by atoms with E-state index in [0.717, 1.165) is 37.3 Å². The van der Waals surface area contributed by atoms with Crippen molar-refractivity contribution >= 4 is 11.5 Å². The molecule has 0 bridgehead atoms. The Kier molecular flexibility index (Phi) is 4.52. The third kappa shape index (κ3) is 3.32. The quantitative estimate of drug-likeness (QED) is 0.693. The second-order valence-electron chi connectivity index (χ2n) is 5.77. The molecule has 1 saturated heterocycles. The Morgan fingerprint density at radius 2 is 1.87 bits per heavy atom. The third-order valence-corrected chi connectivity index (χ3v) is 4.30. The Balaban J connectivity index is 1.93. The Morgan fingerprint density at radius 1 is 1.17 bits per heavy atom. The number of rotatable bonds is 4. The predicted octanol–water partition coefficient (Wildman–Crippen LogP) is 2.87. The fourth-order valence-corrected chi connectivity index (χ4v) is 2.92. The molecule has 1 N–H and O–H groups in total. The average molecular weight is 313 g/mol. The number of benzene rings is 1. The van der Waals surface area contributed by atoms with Gasteiger partial charge in [-0.25, -0.2) is 4.98 Å². The molecule has 0 saturated carbocycles. The summed E-state index contributed by atoms with van der Waals surface area (Å²) in [6.07, 6.45) is 1.83. The molecule has 1 aliphatic heterocycles. The van der Waals surface area contributed by atoms with Gasteiger partial charge in [-0.15, -0.1) is 0 Å². The van der Waals surface area contributed by atoms with Crippen LogP contribution in [0.4, 0.5) is 11.5 Å². The first kappa shape index (κ1) is 15.4. The minimum absolute atomic E-state index is 0.0187. The molecule has 0 spiro atoms. The largest absolute Gasteiger partial charge is 0.396 e. The maximum Gasteiger partial charge on any atom is 0.295 e. The van der Waals surface area contributed by atoms with Crippen LogP contribution in [-0.2, 0) is 0 Å². The minimum Gasteiger partial charge on any atom is -0.396 e. The number of nitrogens with zero attached hydrogens (tertiary/aromatic N) is 3. The number of aliphatic hydroxyl groups excluding tert-OH is 1. The minimum atomic E-state index is -0.392. The molecule has 120 valence electrons. The van der Waals surface area contributed by atoms with Crippen molar-refractivity contribution in [2.75, 3.05) is 24.6 Å². The Labute approximate surface area is 134 Å². The second-order valence-corrected chi connectivity index (χ2v) is 5.77. The van der Waals surface area contributed by atoms with E-state index in [4.69, 9.17) is 0 Å². The first-order chi connectivity index (χ1) is 11.2. The van der Waals surface area contributed by atoms with Gasteiger partial charge in [0.25, 0.3) is 5.69 Å². The molecule has 0 unspecified atom stereocenters. The number of anilines is 1. The van der Waals surface area contributed by atoms with E-state index in [1.54, 1.807) is 6.07 Å². The van der Waals surface area contributed by atoms with Crippen molar-refractivity contribution < 1.29 is 10.0 Å². The lowest BCUT2D eigenvalue weighted by molar-refractivity contribution is -0.384. The van der Waals surface area contributed by atoms with Crippen LogP contribution in [0.5, 0.6) is 0 Å². The van der Waals surface area contributed by atoms with Gasteiger partial charge in [0.2, 0.25) is 0 Å². The molecule has 0 amide bonds. The summed E-state index contributed by atoms with van der Waals surface area (Å²) < 4.78 is 0. The van der Waals surface area contributed by atoms with Crippen molar-refractivity contribution in [1.82, 2.24) is 4.98 Å². The van der Waals surface area contributed by atoms with Gasteiger partial charge in [-0.05, 0) is 24.8 Å². The maximum absolute atomic E-state index is 11.3. The summed E-state index contributed by atoms with van der Waals surface area (Å²) in [5, 5.41) is 20.5. The lowest BCUT2D eigenvalue weighted by Crippen LogP contribution is -2.35. The fourth-order valence-electron chi connectivity index (χ4n) is 2.92. The number of aliphatic hydroxyl groups is 1. The van der Waals surface area contributed by atoms with E-state index in [2.05, 4.69) is 9.88 Å². The van der Waals surface area contributed by atoms with E-state index in [1.165, 1.54) is 6.07 Å². The van der Waals surface area contributed by atoms with E-state index in [1.807, 2.05) is 30.3 Å². The lowest BCUT2D eigenvalue weighted by Gasteiger charge is -2.32. The molecule has 1 fully saturated rings. The smallest absolute Gasteiger partial charge is 0.295 e. The van der Waals surface area contributed by atoms with E-state index in [0.29, 0.717) is 11.6 Å². The van der Waals surface area contributed by atoms with Crippen LogP contribution in [0.25, 0.3) is 11.3 Å². The van der Waals surface area contributed by atoms with Gasteiger partial charge in [0.15, 0.2) is 5.69 Å². The highest BCUT2D eigenvalue weighted by molar-refractivity contribution is 5.71. The molecule has 2 heterocycles. The fraction of sp³-hybridized carbons (Fsp3) is 0.353. The van der Waals surface area contributed by atoms with Crippen molar-refractivity contribution in [3.05, 3.63) is 52.6 Å². The monoisotopic (exact) mass is 313 g/mol. The molecule has 23 heavy (non-hydrogen) atoms. The van der Waals surface area contributed by atoms with E-state index >= 15 is 0 Å². The van der Waals surface area contributed by atoms with Gasteiger partial charge >= 0.3 is 0 Å². The van der Waals surface area contributed by atoms with Gasteiger partial charge in [-0.1, -0.05) is 30.3 Å². The van der Waals surface area contributed by atoms with Crippen molar-refractivity contribution in [2.45, 2.75) is 12.8 Å². The van der Waals surface area contributed by atoms with Crippen LogP contribution in [0.3, 0.4) is 0 Å². The molecule has 2 aromatic rings. The summed E-state index contributed by atoms with van der Waals surface area (Å²) >= 11 is 0. The van der Waals surface area contributed by atoms with Crippen LogP contribution in [0.2, 0.25) is 0 Å². The van der Waals surface area contributed by atoms with Gasteiger partial charge in [0.05, 0.1) is 4.92 Å². The zero-order chi connectivity index (χ0) is 16.2. The summed E-state index contributed by atoms with van der Waals surface area (Å²) in [6.45, 7) is 1.84. The predicted molar refractivity (Wildman–Crippen MR) is 88.4 cm³/mol. The highest BCUT2D eigenvalue weighted by atomic mass is 16.6. The van der Waals surface area contributed by atoms with Crippen LogP contribution in [0.15, 0.2) is 42.5 Å². The standard InChI is InChI=1S/C17H19N3O3/c21-12-13-8-10-19(11-9-13)16-7-6-15(20(22)23)17(18-16)14-4-2-1-3-5-14/h1-7,13,21H,8-12H2. The Hall–Kier alpha value is -2.47. The van der Waals surface area contributed by atoms with Crippen molar-refractivity contribution in [1.29, 1.82) is 0 Å². The first-order valence-corrected chi connectivity index (χ1v) is 7.75. The maximum atomic E-state index is 11.3. The van der Waals surface area contributed by atoms with Gasteiger partial charge in [0.1, 0.15) is 5.82 Å². The molecular formula is C17H19N3O3. The zero-order valence-electron chi connectivity index (χ0n) is 12.8. The van der Waals surface area contributed by atoms with Crippen molar-refractivity contribution in [3.63, 3.8) is 0 Å². The summed E-state index contributed by atoms with van der Waals surface area (Å²) in [6, 6.07) is 12.5. The molecular weight excluding hydrogens is 294 g/mol. The summed E-state index contributed by atoms with van der Waals surface area (Å²) in [7, 11) is 0. The molecule has 1 aromatic carbocycles. The highest BCUT2D eigenvalue weighted by Crippen LogP contribution is 2.31. The van der Waals surface area contributed by atoms with Crippen molar-refractivity contribution in [3.8, 4) is 11.3 Å². The molecule has 3 rings (SSSR count). The number of hydrogen-bond donors (Lipinski definition) is 1. The van der Waals surface area contributed by atoms with Crippen LogP contribution < -0.4 is 4.90 Å². The number of pyridine rings is 1. The highest BCUT2D eigenvalue weighted by Gasteiger charge is 2.23. The van der Waals surface area contributed by atoms with Crippen LogP contribution >= 0.6 is 0 Å². The first-order valence-electron chi connectivity index (χ1n) is 7.75. The van der Waals surface area contributed by atoms with Gasteiger partial charge in [-0.2, -0.15) is 0 Å². The van der Waals surface area contributed by atoms with Crippen LogP contribution in [0, 0.1) is 16.0 Å². The Morgan fingerprint density at radius 3 is 2.48 bits per heavy atom. The zero-order valence-corrected chi connectivity index (χ0v) is 12.8. The lowest BCUT2D eigenvalue weighted by atomic mass is 9.98. The van der Waals surface area contributed by atoms with Crippen molar-refractivity contribution in [2.24, 2.45) is 5.92 Å². The van der Waals surface area contributed by atoms with E-state index in [-0.39, 0.29) is 12.3 Å². The molecule has 6 nitrogen and oxygen atoms in total. The Bertz CT molecular complexity index is 683. The number of hydrogen-bond acceptors (Lipinski definition) is 5. The summed E-state index contributed by atoms with van der Waals surface area (Å²) in [5.74, 6) is 1.10. The molecule has 0 atom stereocenters. The molecule has 6 heteroatoms. The van der Waals surface area contributed by atoms with Gasteiger partial charge < -0.3 is 10.0 Å². The van der Waals surface area contributed by atoms with Crippen LogP contribution in [-0.4, -0.2) is 34.7 Å². The van der Waals surface area contributed by atoms with Gasteiger partial charge in [0, 0.05) is 31.3 Å².